The minimum Gasteiger partial charge on any atom is -0.392 e. The molecule has 5 nitrogen and oxygen atoms in total. The number of nitrogens with two attached hydrogens (primary N) is 1. The van der Waals surface area contributed by atoms with Crippen LogP contribution in [0.5, 0.6) is 0 Å². The van der Waals surface area contributed by atoms with E-state index in [2.05, 4.69) is 10.6 Å². The third-order valence-electron chi connectivity index (χ3n) is 3.27. The Morgan fingerprint density at radius 3 is 2.05 bits per heavy atom. The Hall–Kier alpha value is -1.17. The molecule has 0 unspecified atom stereocenters. The van der Waals surface area contributed by atoms with E-state index in [0.29, 0.717) is 25.9 Å². The maximum absolute atomic E-state index is 12.4. The average molecular weight is 301 g/mol. The van der Waals surface area contributed by atoms with Crippen LogP contribution in [0.15, 0.2) is 0 Å². The Morgan fingerprint density at radius 1 is 1.10 bits per heavy atom. The van der Waals surface area contributed by atoms with Crippen molar-refractivity contribution in [2.75, 3.05) is 13.1 Å². The fraction of sp³-hybridized carbons (Fsp3) is 0.786. The lowest BCUT2D eigenvalue weighted by atomic mass is 9.78. The zero-order valence-electron chi connectivity index (χ0n) is 12.8. The van der Waals surface area contributed by atoms with E-state index in [4.69, 9.17) is 18.0 Å². The summed E-state index contributed by atoms with van der Waals surface area (Å²) in [5.41, 5.74) is 5.04. The number of hydrogen-bond acceptors (Lipinski definition) is 3. The van der Waals surface area contributed by atoms with Crippen LogP contribution < -0.4 is 16.4 Å². The van der Waals surface area contributed by atoms with Crippen LogP contribution in [0.2, 0.25) is 0 Å². The second-order valence-corrected chi connectivity index (χ2v) is 5.35. The first-order valence-electron chi connectivity index (χ1n) is 7.29. The predicted molar refractivity (Wildman–Crippen MR) is 85.3 cm³/mol. The van der Waals surface area contributed by atoms with Crippen LogP contribution in [0, 0.1) is 5.41 Å². The number of rotatable bonds is 10. The molecule has 0 rings (SSSR count). The summed E-state index contributed by atoms with van der Waals surface area (Å²) >= 11 is 5.12. The third kappa shape index (κ3) is 5.45. The second kappa shape index (κ2) is 9.69. The topological polar surface area (TPSA) is 84.2 Å². The van der Waals surface area contributed by atoms with E-state index in [-0.39, 0.29) is 23.2 Å². The van der Waals surface area contributed by atoms with Gasteiger partial charge in [0, 0.05) is 19.5 Å². The lowest BCUT2D eigenvalue weighted by Gasteiger charge is -2.31. The van der Waals surface area contributed by atoms with Crippen molar-refractivity contribution in [2.45, 2.75) is 52.9 Å². The van der Waals surface area contributed by atoms with Gasteiger partial charge < -0.3 is 16.4 Å². The zero-order valence-corrected chi connectivity index (χ0v) is 13.6. The van der Waals surface area contributed by atoms with E-state index in [1.54, 1.807) is 0 Å². The summed E-state index contributed by atoms with van der Waals surface area (Å²) < 4.78 is 0. The number of amides is 2. The van der Waals surface area contributed by atoms with Gasteiger partial charge >= 0.3 is 0 Å². The van der Waals surface area contributed by atoms with Gasteiger partial charge in [0.1, 0.15) is 0 Å². The van der Waals surface area contributed by atoms with Gasteiger partial charge in [-0.05, 0) is 19.8 Å². The molecule has 6 heteroatoms. The third-order valence-corrected chi connectivity index (χ3v) is 3.66. The van der Waals surface area contributed by atoms with Gasteiger partial charge in [-0.2, -0.15) is 0 Å². The van der Waals surface area contributed by atoms with Crippen molar-refractivity contribution in [2.24, 2.45) is 11.1 Å². The van der Waals surface area contributed by atoms with Crippen molar-refractivity contribution < 1.29 is 9.59 Å². The van der Waals surface area contributed by atoms with Crippen molar-refractivity contribution in [3.8, 4) is 0 Å². The maximum Gasteiger partial charge on any atom is 0.233 e. The lowest BCUT2D eigenvalue weighted by Crippen LogP contribution is -2.49. The van der Waals surface area contributed by atoms with Crippen molar-refractivity contribution in [1.82, 2.24) is 10.6 Å². The molecule has 116 valence electrons. The first-order chi connectivity index (χ1) is 9.44. The fourth-order valence-electron chi connectivity index (χ4n) is 2.31. The molecule has 0 saturated carbocycles. The minimum atomic E-state index is -0.778. The summed E-state index contributed by atoms with van der Waals surface area (Å²) in [5, 5.41) is 5.49. The first kappa shape index (κ1) is 18.8. The van der Waals surface area contributed by atoms with E-state index < -0.39 is 5.41 Å². The smallest absolute Gasteiger partial charge is 0.233 e. The van der Waals surface area contributed by atoms with E-state index in [0.717, 1.165) is 12.8 Å². The Kier molecular flexibility index (Phi) is 9.12. The molecule has 0 heterocycles. The zero-order chi connectivity index (χ0) is 15.6. The molecule has 0 atom stereocenters. The lowest BCUT2D eigenvalue weighted by molar-refractivity contribution is -0.128. The van der Waals surface area contributed by atoms with Gasteiger partial charge in [0.2, 0.25) is 11.8 Å². The SMILES string of the molecule is CCCC(CCC)(C(=O)NCCC(=O)NCC)C(N)=S. The molecule has 0 aromatic heterocycles. The Labute approximate surface area is 127 Å². The van der Waals surface area contributed by atoms with E-state index in [9.17, 15) is 9.59 Å². The molecule has 0 aromatic carbocycles. The largest absolute Gasteiger partial charge is 0.392 e. The summed E-state index contributed by atoms with van der Waals surface area (Å²) in [6, 6.07) is 0. The van der Waals surface area contributed by atoms with Gasteiger partial charge in [-0.15, -0.1) is 0 Å². The highest BCUT2D eigenvalue weighted by atomic mass is 32.1. The summed E-state index contributed by atoms with van der Waals surface area (Å²) in [4.78, 5) is 24.0. The standard InChI is InChI=1S/C14H27N3O2S/c1-4-8-14(9-5-2,12(15)20)13(19)17-10-7-11(18)16-6-3/h4-10H2,1-3H3,(H2,15,20)(H,16,18)(H,17,19). The number of hydrogen-bond donors (Lipinski definition) is 3. The molecular formula is C14H27N3O2S. The fourth-order valence-corrected chi connectivity index (χ4v) is 2.61. The van der Waals surface area contributed by atoms with Gasteiger partial charge in [-0.1, -0.05) is 38.9 Å². The molecule has 20 heavy (non-hydrogen) atoms. The molecule has 2 amide bonds. The normalized spacial score (nSPS) is 10.9. The first-order valence-corrected chi connectivity index (χ1v) is 7.70. The van der Waals surface area contributed by atoms with Crippen molar-refractivity contribution in [3.63, 3.8) is 0 Å². The molecule has 0 aliphatic carbocycles. The summed E-state index contributed by atoms with van der Waals surface area (Å²) in [5.74, 6) is -0.224. The average Bonchev–Trinajstić information content (AvgIpc) is 2.38. The van der Waals surface area contributed by atoms with E-state index in [1.165, 1.54) is 0 Å². The highest BCUT2D eigenvalue weighted by molar-refractivity contribution is 7.80. The van der Waals surface area contributed by atoms with Crippen LogP contribution >= 0.6 is 12.2 Å². The Morgan fingerprint density at radius 2 is 1.65 bits per heavy atom. The highest BCUT2D eigenvalue weighted by Gasteiger charge is 2.39. The van der Waals surface area contributed by atoms with Crippen molar-refractivity contribution >= 4 is 29.0 Å². The maximum atomic E-state index is 12.4. The Bertz CT molecular complexity index is 339. The molecule has 0 spiro atoms. The number of nitrogens with one attached hydrogen (secondary N) is 2. The molecule has 0 aliphatic heterocycles. The highest BCUT2D eigenvalue weighted by Crippen LogP contribution is 2.30. The molecule has 0 aromatic rings. The molecular weight excluding hydrogens is 274 g/mol. The van der Waals surface area contributed by atoms with Gasteiger partial charge in [0.05, 0.1) is 10.4 Å². The van der Waals surface area contributed by atoms with Gasteiger partial charge in [-0.25, -0.2) is 0 Å². The Balaban J connectivity index is 4.63. The van der Waals surface area contributed by atoms with Crippen LogP contribution in [-0.4, -0.2) is 29.9 Å². The molecule has 0 aliphatic rings. The van der Waals surface area contributed by atoms with E-state index in [1.807, 2.05) is 20.8 Å². The van der Waals surface area contributed by atoms with Crippen LogP contribution in [0.4, 0.5) is 0 Å². The van der Waals surface area contributed by atoms with Crippen LogP contribution in [-0.2, 0) is 9.59 Å². The van der Waals surface area contributed by atoms with Crippen LogP contribution in [0.25, 0.3) is 0 Å². The van der Waals surface area contributed by atoms with Crippen molar-refractivity contribution in [1.29, 1.82) is 0 Å². The monoisotopic (exact) mass is 301 g/mol. The molecule has 0 bridgehead atoms. The molecule has 0 radical (unpaired) electrons. The number of carbonyl (C=O) groups excluding carboxylic acids is 2. The predicted octanol–water partition coefficient (Wildman–Crippen LogP) is 1.50. The summed E-state index contributed by atoms with van der Waals surface area (Å²) in [7, 11) is 0. The molecule has 4 N–H and O–H groups in total. The van der Waals surface area contributed by atoms with Crippen LogP contribution in [0.3, 0.4) is 0 Å². The van der Waals surface area contributed by atoms with Gasteiger partial charge in [-0.3, -0.25) is 9.59 Å². The molecule has 0 saturated heterocycles. The summed E-state index contributed by atoms with van der Waals surface area (Å²) in [6.45, 7) is 6.77. The van der Waals surface area contributed by atoms with Crippen LogP contribution in [0.1, 0.15) is 52.9 Å². The molecule has 0 fully saturated rings. The quantitative estimate of drug-likeness (QED) is 0.534. The van der Waals surface area contributed by atoms with Gasteiger partial charge in [0.25, 0.3) is 0 Å². The second-order valence-electron chi connectivity index (χ2n) is 4.91. The van der Waals surface area contributed by atoms with E-state index >= 15 is 0 Å². The number of thiocarbonyl (C=S) groups is 1. The minimum absolute atomic E-state index is 0.0697. The van der Waals surface area contributed by atoms with Crippen molar-refractivity contribution in [3.05, 3.63) is 0 Å². The summed E-state index contributed by atoms with van der Waals surface area (Å²) in [6.07, 6.45) is 3.22. The van der Waals surface area contributed by atoms with Gasteiger partial charge in [0.15, 0.2) is 0 Å². The number of carbonyl (C=O) groups is 2.